The fourth-order valence-corrected chi connectivity index (χ4v) is 2.18. The molecule has 1 aromatic carbocycles. The van der Waals surface area contributed by atoms with Gasteiger partial charge in [-0.3, -0.25) is 0 Å². The van der Waals surface area contributed by atoms with Crippen LogP contribution in [0.3, 0.4) is 0 Å². The Morgan fingerprint density at radius 3 is 2.47 bits per heavy atom. The second kappa shape index (κ2) is 5.73. The fraction of sp³-hybridized carbons (Fsp3) is 0.455. The van der Waals surface area contributed by atoms with Crippen molar-refractivity contribution < 1.29 is 17.6 Å². The third-order valence-corrected chi connectivity index (χ3v) is 3.05. The van der Waals surface area contributed by atoms with Crippen LogP contribution in [0.4, 0.5) is 17.6 Å². The van der Waals surface area contributed by atoms with E-state index in [1.165, 1.54) is 17.8 Å². The number of benzene rings is 1. The maximum atomic E-state index is 13.1. The third kappa shape index (κ3) is 3.61. The molecule has 0 amide bonds. The Morgan fingerprint density at radius 2 is 2.00 bits per heavy atom. The molecule has 0 aromatic heterocycles. The van der Waals surface area contributed by atoms with E-state index in [0.717, 1.165) is 12.1 Å². The molecule has 6 heteroatoms. The molecule has 0 bridgehead atoms. The Bertz CT molecular complexity index is 378. The summed E-state index contributed by atoms with van der Waals surface area (Å²) in [5.41, 5.74) is -0.771. The number of hydrogen-bond acceptors (Lipinski definition) is 2. The molecule has 1 N–H and O–H groups in total. The van der Waals surface area contributed by atoms with Crippen LogP contribution in [0.1, 0.15) is 17.2 Å². The zero-order valence-corrected chi connectivity index (χ0v) is 10.3. The zero-order valence-electron chi connectivity index (χ0n) is 9.44. The van der Waals surface area contributed by atoms with Crippen LogP contribution in [0.5, 0.6) is 0 Å². The summed E-state index contributed by atoms with van der Waals surface area (Å²) in [5.74, 6) is -0.611. The van der Waals surface area contributed by atoms with Crippen LogP contribution in [0.25, 0.3) is 0 Å². The predicted octanol–water partition coefficient (Wildman–Crippen LogP) is 3.47. The zero-order chi connectivity index (χ0) is 13.1. The van der Waals surface area contributed by atoms with Crippen LogP contribution in [0, 0.1) is 5.82 Å². The first-order valence-corrected chi connectivity index (χ1v) is 6.32. The Hall–Kier alpha value is -0.750. The van der Waals surface area contributed by atoms with Gasteiger partial charge in [-0.05, 0) is 31.0 Å². The Balaban J connectivity index is 3.11. The van der Waals surface area contributed by atoms with Crippen LogP contribution in [0.15, 0.2) is 18.2 Å². The lowest BCUT2D eigenvalue weighted by Crippen LogP contribution is -2.20. The van der Waals surface area contributed by atoms with Crippen molar-refractivity contribution in [3.05, 3.63) is 35.1 Å². The van der Waals surface area contributed by atoms with Gasteiger partial charge >= 0.3 is 6.18 Å². The van der Waals surface area contributed by atoms with Gasteiger partial charge < -0.3 is 5.32 Å². The van der Waals surface area contributed by atoms with Crippen molar-refractivity contribution in [2.45, 2.75) is 12.2 Å². The van der Waals surface area contributed by atoms with Crippen LogP contribution in [-0.4, -0.2) is 19.1 Å². The molecule has 17 heavy (non-hydrogen) atoms. The van der Waals surface area contributed by atoms with E-state index >= 15 is 0 Å². The molecule has 1 nitrogen and oxygen atoms in total. The van der Waals surface area contributed by atoms with E-state index in [1.54, 1.807) is 7.05 Å². The maximum absolute atomic E-state index is 13.1. The average molecular weight is 267 g/mol. The molecule has 1 rings (SSSR count). The summed E-state index contributed by atoms with van der Waals surface area (Å²) < 4.78 is 50.6. The highest BCUT2D eigenvalue weighted by atomic mass is 32.2. The van der Waals surface area contributed by atoms with Crippen LogP contribution in [0.2, 0.25) is 0 Å². The summed E-state index contributed by atoms with van der Waals surface area (Å²) in [6.07, 6.45) is -2.80. The van der Waals surface area contributed by atoms with Gasteiger partial charge in [-0.15, -0.1) is 0 Å². The Labute approximate surface area is 102 Å². The Kier molecular flexibility index (Phi) is 4.82. The number of rotatable bonds is 4. The third-order valence-electron chi connectivity index (χ3n) is 2.38. The second-order valence-electron chi connectivity index (χ2n) is 3.53. The smallest absolute Gasteiger partial charge is 0.312 e. The quantitative estimate of drug-likeness (QED) is 0.838. The van der Waals surface area contributed by atoms with E-state index in [1.807, 2.05) is 6.26 Å². The van der Waals surface area contributed by atoms with Crippen LogP contribution in [-0.2, 0) is 6.18 Å². The first-order chi connectivity index (χ1) is 7.90. The molecule has 96 valence electrons. The molecule has 0 radical (unpaired) electrons. The monoisotopic (exact) mass is 267 g/mol. The molecular formula is C11H13F4NS. The molecule has 0 saturated carbocycles. The SMILES string of the molecule is CNC(CSC)c1ccc(F)c(C(F)(F)F)c1. The van der Waals surface area contributed by atoms with Gasteiger partial charge in [0.1, 0.15) is 5.82 Å². The summed E-state index contributed by atoms with van der Waals surface area (Å²) in [7, 11) is 1.66. The number of halogens is 4. The van der Waals surface area contributed by atoms with Crippen molar-refractivity contribution in [3.63, 3.8) is 0 Å². The normalized spacial score (nSPS) is 13.8. The van der Waals surface area contributed by atoms with Gasteiger partial charge in [0.2, 0.25) is 0 Å². The average Bonchev–Trinajstić information content (AvgIpc) is 2.25. The number of alkyl halides is 3. The highest BCUT2D eigenvalue weighted by molar-refractivity contribution is 7.98. The summed E-state index contributed by atoms with van der Waals surface area (Å²) >= 11 is 1.51. The van der Waals surface area contributed by atoms with Gasteiger partial charge in [0.25, 0.3) is 0 Å². The number of hydrogen-bond donors (Lipinski definition) is 1. The van der Waals surface area contributed by atoms with Crippen LogP contribution < -0.4 is 5.32 Å². The first kappa shape index (κ1) is 14.3. The molecule has 1 atom stereocenters. The summed E-state index contributed by atoms with van der Waals surface area (Å²) in [5, 5.41) is 2.91. The van der Waals surface area contributed by atoms with Crippen molar-refractivity contribution in [3.8, 4) is 0 Å². The summed E-state index contributed by atoms with van der Waals surface area (Å²) in [6.45, 7) is 0. The lowest BCUT2D eigenvalue weighted by molar-refractivity contribution is -0.140. The summed E-state index contributed by atoms with van der Waals surface area (Å²) in [6, 6.07) is 2.89. The van der Waals surface area contributed by atoms with Crippen molar-refractivity contribution in [1.29, 1.82) is 0 Å². The summed E-state index contributed by atoms with van der Waals surface area (Å²) in [4.78, 5) is 0. The van der Waals surface area contributed by atoms with Gasteiger partial charge in [0.05, 0.1) is 5.56 Å². The van der Waals surface area contributed by atoms with Crippen molar-refractivity contribution in [2.24, 2.45) is 0 Å². The van der Waals surface area contributed by atoms with E-state index in [-0.39, 0.29) is 6.04 Å². The molecule has 0 heterocycles. The molecule has 0 aliphatic rings. The number of thioether (sulfide) groups is 1. The highest BCUT2D eigenvalue weighted by Crippen LogP contribution is 2.33. The largest absolute Gasteiger partial charge is 0.419 e. The Morgan fingerprint density at radius 1 is 1.35 bits per heavy atom. The van der Waals surface area contributed by atoms with Gasteiger partial charge in [-0.1, -0.05) is 6.07 Å². The second-order valence-corrected chi connectivity index (χ2v) is 4.44. The minimum atomic E-state index is -4.66. The molecule has 0 spiro atoms. The molecule has 1 aromatic rings. The molecule has 0 saturated heterocycles. The standard InChI is InChI=1S/C11H13F4NS/c1-16-10(6-17-2)7-3-4-9(12)8(5-7)11(13,14)15/h3-5,10,16H,6H2,1-2H3. The molecule has 1 unspecified atom stereocenters. The minimum Gasteiger partial charge on any atom is -0.312 e. The van der Waals surface area contributed by atoms with Gasteiger partial charge in [-0.25, -0.2) is 4.39 Å². The van der Waals surface area contributed by atoms with E-state index in [2.05, 4.69) is 5.32 Å². The van der Waals surface area contributed by atoms with Crippen molar-refractivity contribution in [1.82, 2.24) is 5.32 Å². The van der Waals surface area contributed by atoms with E-state index < -0.39 is 17.6 Å². The van der Waals surface area contributed by atoms with E-state index in [0.29, 0.717) is 11.3 Å². The maximum Gasteiger partial charge on any atom is 0.419 e. The van der Waals surface area contributed by atoms with Gasteiger partial charge in [0, 0.05) is 11.8 Å². The molecule has 0 fully saturated rings. The van der Waals surface area contributed by atoms with Crippen molar-refractivity contribution in [2.75, 3.05) is 19.1 Å². The van der Waals surface area contributed by atoms with E-state index in [4.69, 9.17) is 0 Å². The van der Waals surface area contributed by atoms with Crippen LogP contribution >= 0.6 is 11.8 Å². The number of nitrogens with one attached hydrogen (secondary N) is 1. The van der Waals surface area contributed by atoms with Crippen molar-refractivity contribution >= 4 is 11.8 Å². The molecule has 0 aliphatic carbocycles. The minimum absolute atomic E-state index is 0.216. The molecule has 0 aliphatic heterocycles. The lowest BCUT2D eigenvalue weighted by Gasteiger charge is -2.17. The fourth-order valence-electron chi connectivity index (χ4n) is 1.49. The van der Waals surface area contributed by atoms with Gasteiger partial charge in [-0.2, -0.15) is 24.9 Å². The highest BCUT2D eigenvalue weighted by Gasteiger charge is 2.34. The van der Waals surface area contributed by atoms with Gasteiger partial charge in [0.15, 0.2) is 0 Å². The first-order valence-electron chi connectivity index (χ1n) is 4.93. The molecular weight excluding hydrogens is 254 g/mol. The van der Waals surface area contributed by atoms with E-state index in [9.17, 15) is 17.6 Å². The lowest BCUT2D eigenvalue weighted by atomic mass is 10.0. The topological polar surface area (TPSA) is 12.0 Å². The predicted molar refractivity (Wildman–Crippen MR) is 61.6 cm³/mol.